The van der Waals surface area contributed by atoms with E-state index in [2.05, 4.69) is 4.43 Å². The van der Waals surface area contributed by atoms with Crippen LogP contribution in [0.3, 0.4) is 0 Å². The standard InChI is InChI=1S/C10H14F2O3Si/c11-8-4-3-7(9(12)6-8)2-1-5-16-15-10(13)14/h3-4,6,10,13-14H,1-2,5,16H2. The summed E-state index contributed by atoms with van der Waals surface area (Å²) < 4.78 is 30.3. The number of aliphatic hydroxyl groups is 2. The Morgan fingerprint density at radius 2 is 2.06 bits per heavy atom. The van der Waals surface area contributed by atoms with E-state index >= 15 is 0 Å². The van der Waals surface area contributed by atoms with E-state index in [1.54, 1.807) is 0 Å². The first-order valence-corrected chi connectivity index (χ1v) is 6.59. The summed E-state index contributed by atoms with van der Waals surface area (Å²) in [4.78, 5) is 0. The molecule has 0 unspecified atom stereocenters. The zero-order chi connectivity index (χ0) is 12.0. The summed E-state index contributed by atoms with van der Waals surface area (Å²) in [5.41, 5.74) is 0.472. The minimum atomic E-state index is -1.70. The van der Waals surface area contributed by atoms with Gasteiger partial charge in [0.2, 0.25) is 0 Å². The molecule has 0 spiro atoms. The first-order valence-electron chi connectivity index (χ1n) is 5.01. The van der Waals surface area contributed by atoms with Gasteiger partial charge in [0, 0.05) is 6.07 Å². The zero-order valence-corrected chi connectivity index (χ0v) is 10.1. The fourth-order valence-corrected chi connectivity index (χ4v) is 2.16. The van der Waals surface area contributed by atoms with Crippen LogP contribution >= 0.6 is 0 Å². The van der Waals surface area contributed by atoms with Gasteiger partial charge in [-0.25, -0.2) is 8.78 Å². The molecule has 0 bridgehead atoms. The first kappa shape index (κ1) is 13.2. The third kappa shape index (κ3) is 4.80. The molecule has 2 N–H and O–H groups in total. The van der Waals surface area contributed by atoms with Crippen LogP contribution in [0.25, 0.3) is 0 Å². The molecule has 3 nitrogen and oxygen atoms in total. The van der Waals surface area contributed by atoms with E-state index in [-0.39, 0.29) is 0 Å². The van der Waals surface area contributed by atoms with Gasteiger partial charge in [0.25, 0.3) is 6.48 Å². The van der Waals surface area contributed by atoms with Gasteiger partial charge < -0.3 is 14.6 Å². The van der Waals surface area contributed by atoms with E-state index in [1.165, 1.54) is 12.1 Å². The van der Waals surface area contributed by atoms with Crippen molar-refractivity contribution >= 4 is 9.76 Å². The third-order valence-electron chi connectivity index (χ3n) is 2.12. The van der Waals surface area contributed by atoms with Crippen LogP contribution in [-0.4, -0.2) is 26.5 Å². The molecule has 1 aromatic rings. The van der Waals surface area contributed by atoms with Crippen molar-refractivity contribution in [3.63, 3.8) is 0 Å². The maximum atomic E-state index is 13.1. The Balaban J connectivity index is 2.27. The molecular weight excluding hydrogens is 234 g/mol. The molecule has 1 aromatic carbocycles. The molecule has 6 heteroatoms. The predicted octanol–water partition coefficient (Wildman–Crippen LogP) is 0.684. The molecule has 0 radical (unpaired) electrons. The van der Waals surface area contributed by atoms with E-state index in [0.29, 0.717) is 24.4 Å². The highest BCUT2D eigenvalue weighted by Crippen LogP contribution is 2.12. The lowest BCUT2D eigenvalue weighted by atomic mass is 10.1. The minimum absolute atomic E-state index is 0.472. The average Bonchev–Trinajstić information content (AvgIpc) is 2.20. The van der Waals surface area contributed by atoms with E-state index < -0.39 is 27.9 Å². The predicted molar refractivity (Wildman–Crippen MR) is 57.3 cm³/mol. The largest absolute Gasteiger partial charge is 0.379 e. The number of benzene rings is 1. The van der Waals surface area contributed by atoms with Crippen LogP contribution in [0.4, 0.5) is 8.78 Å². The lowest BCUT2D eigenvalue weighted by Crippen LogP contribution is -2.13. The van der Waals surface area contributed by atoms with Crippen LogP contribution in [0.15, 0.2) is 18.2 Å². The number of halogens is 2. The zero-order valence-electron chi connectivity index (χ0n) is 8.70. The van der Waals surface area contributed by atoms with Crippen molar-refractivity contribution in [2.24, 2.45) is 0 Å². The van der Waals surface area contributed by atoms with Crippen LogP contribution in [0.2, 0.25) is 6.04 Å². The Bertz CT molecular complexity index is 334. The Morgan fingerprint density at radius 1 is 1.31 bits per heavy atom. The molecule has 0 saturated heterocycles. The van der Waals surface area contributed by atoms with Crippen LogP contribution in [0, 0.1) is 11.6 Å². The summed E-state index contributed by atoms with van der Waals surface area (Å²) in [5, 5.41) is 16.8. The van der Waals surface area contributed by atoms with Gasteiger partial charge in [-0.15, -0.1) is 0 Å². The smallest absolute Gasteiger partial charge is 0.256 e. The molecule has 0 aliphatic heterocycles. The number of aliphatic hydroxyl groups excluding tert-OH is 1. The maximum Gasteiger partial charge on any atom is 0.256 e. The Morgan fingerprint density at radius 3 is 2.69 bits per heavy atom. The van der Waals surface area contributed by atoms with Crippen molar-refractivity contribution in [2.75, 3.05) is 0 Å². The van der Waals surface area contributed by atoms with Crippen molar-refractivity contribution in [3.05, 3.63) is 35.4 Å². The minimum Gasteiger partial charge on any atom is -0.379 e. The molecule has 16 heavy (non-hydrogen) atoms. The maximum absolute atomic E-state index is 13.1. The van der Waals surface area contributed by atoms with Crippen molar-refractivity contribution < 1.29 is 23.4 Å². The van der Waals surface area contributed by atoms with Gasteiger partial charge in [0.15, 0.2) is 9.76 Å². The lowest BCUT2D eigenvalue weighted by Gasteiger charge is -2.05. The third-order valence-corrected chi connectivity index (χ3v) is 3.45. The quantitative estimate of drug-likeness (QED) is 0.442. The van der Waals surface area contributed by atoms with Gasteiger partial charge in [-0.05, 0) is 30.5 Å². The summed E-state index contributed by atoms with van der Waals surface area (Å²) in [6.45, 7) is -1.70. The van der Waals surface area contributed by atoms with Crippen LogP contribution in [-0.2, 0) is 10.8 Å². The van der Waals surface area contributed by atoms with Crippen LogP contribution in [0.5, 0.6) is 0 Å². The van der Waals surface area contributed by atoms with E-state index in [9.17, 15) is 8.78 Å². The van der Waals surface area contributed by atoms with Crippen molar-refractivity contribution in [1.29, 1.82) is 0 Å². The molecule has 0 saturated carbocycles. The van der Waals surface area contributed by atoms with Gasteiger partial charge >= 0.3 is 0 Å². The summed E-state index contributed by atoms with van der Waals surface area (Å²) in [6, 6.07) is 4.23. The first-order chi connectivity index (χ1) is 7.59. The molecule has 90 valence electrons. The molecule has 0 atom stereocenters. The highest BCUT2D eigenvalue weighted by molar-refractivity contribution is 6.26. The Hall–Kier alpha value is -0.823. The molecule has 0 amide bonds. The number of hydrogen-bond donors (Lipinski definition) is 2. The number of hydrogen-bond acceptors (Lipinski definition) is 3. The van der Waals surface area contributed by atoms with Gasteiger partial charge in [-0.1, -0.05) is 6.07 Å². The van der Waals surface area contributed by atoms with Crippen LogP contribution in [0.1, 0.15) is 12.0 Å². The van der Waals surface area contributed by atoms with Crippen molar-refractivity contribution in [1.82, 2.24) is 0 Å². The van der Waals surface area contributed by atoms with E-state index in [1.807, 2.05) is 0 Å². The highest BCUT2D eigenvalue weighted by atomic mass is 28.2. The lowest BCUT2D eigenvalue weighted by molar-refractivity contribution is -0.180. The monoisotopic (exact) mass is 248 g/mol. The molecule has 0 heterocycles. The molecular formula is C10H14F2O3Si. The summed E-state index contributed by atoms with van der Waals surface area (Å²) >= 11 is 0. The summed E-state index contributed by atoms with van der Waals surface area (Å²) in [6.07, 6.45) is 1.20. The normalized spacial score (nSPS) is 11.8. The second-order valence-corrected chi connectivity index (χ2v) is 4.84. The van der Waals surface area contributed by atoms with Gasteiger partial charge in [-0.2, -0.15) is 0 Å². The molecule has 0 aromatic heterocycles. The second kappa shape index (κ2) is 6.69. The Kier molecular flexibility index (Phi) is 5.54. The van der Waals surface area contributed by atoms with E-state index in [0.717, 1.165) is 6.07 Å². The fraction of sp³-hybridized carbons (Fsp3) is 0.400. The molecule has 0 fully saturated rings. The highest BCUT2D eigenvalue weighted by Gasteiger charge is 2.04. The van der Waals surface area contributed by atoms with Gasteiger partial charge in [-0.3, -0.25) is 0 Å². The van der Waals surface area contributed by atoms with Crippen molar-refractivity contribution in [2.45, 2.75) is 25.4 Å². The molecule has 0 aliphatic carbocycles. The summed E-state index contributed by atoms with van der Waals surface area (Å²) in [7, 11) is -0.969. The Labute approximate surface area is 94.6 Å². The van der Waals surface area contributed by atoms with Gasteiger partial charge in [0.1, 0.15) is 11.6 Å². The van der Waals surface area contributed by atoms with Crippen molar-refractivity contribution in [3.8, 4) is 0 Å². The SMILES string of the molecule is OC(O)O[SiH2]CCCc1ccc(F)cc1F. The second-order valence-electron chi connectivity index (χ2n) is 3.39. The number of aryl methyl sites for hydroxylation is 1. The average molecular weight is 248 g/mol. The number of rotatable bonds is 6. The topological polar surface area (TPSA) is 49.7 Å². The van der Waals surface area contributed by atoms with Crippen LogP contribution < -0.4 is 0 Å². The molecule has 0 aliphatic rings. The fourth-order valence-electron chi connectivity index (χ4n) is 1.33. The van der Waals surface area contributed by atoms with Gasteiger partial charge in [0.05, 0.1) is 0 Å². The molecule has 1 rings (SSSR count). The van der Waals surface area contributed by atoms with E-state index in [4.69, 9.17) is 10.2 Å². The summed E-state index contributed by atoms with van der Waals surface area (Å²) in [5.74, 6) is -1.12.